The molecule has 1 fully saturated rings. The molecule has 0 saturated carbocycles. The minimum atomic E-state index is -0.105. The summed E-state index contributed by atoms with van der Waals surface area (Å²) in [5.74, 6) is 2.36. The largest absolute Gasteiger partial charge is 0.497 e. The Morgan fingerprint density at radius 2 is 1.94 bits per heavy atom. The van der Waals surface area contributed by atoms with E-state index in [0.717, 1.165) is 62.0 Å². The van der Waals surface area contributed by atoms with Gasteiger partial charge in [-0.25, -0.2) is 0 Å². The number of morpholine rings is 1. The number of hydrogen-bond acceptors (Lipinski definition) is 7. The Kier molecular flexibility index (Phi) is 5.63. The van der Waals surface area contributed by atoms with E-state index in [1.165, 1.54) is 0 Å². The Balaban J connectivity index is 1.33. The number of allylic oxidation sites excluding steroid dienone is 1. The molecular formula is C24H26N2O5. The fourth-order valence-electron chi connectivity index (χ4n) is 4.14. The Hall–Kier alpha value is -2.87. The van der Waals surface area contributed by atoms with Crippen molar-refractivity contribution in [1.29, 1.82) is 0 Å². The summed E-state index contributed by atoms with van der Waals surface area (Å²) in [5.41, 5.74) is 2.38. The van der Waals surface area contributed by atoms with Crippen molar-refractivity contribution >= 4 is 11.9 Å². The van der Waals surface area contributed by atoms with Gasteiger partial charge in [0.05, 0.1) is 31.5 Å². The molecule has 162 valence electrons. The molecule has 0 N–H and O–H groups in total. The second-order valence-corrected chi connectivity index (χ2v) is 7.92. The van der Waals surface area contributed by atoms with Crippen LogP contribution in [0, 0.1) is 0 Å². The topological polar surface area (TPSA) is 60.5 Å². The lowest BCUT2D eigenvalue weighted by molar-refractivity contribution is 0.0239. The number of rotatable bonds is 5. The summed E-state index contributed by atoms with van der Waals surface area (Å²) >= 11 is 0. The van der Waals surface area contributed by atoms with Gasteiger partial charge in [0.1, 0.15) is 24.0 Å². The summed E-state index contributed by atoms with van der Waals surface area (Å²) in [5, 5.41) is 0. The van der Waals surface area contributed by atoms with Crippen LogP contribution in [0.1, 0.15) is 21.5 Å². The van der Waals surface area contributed by atoms with Crippen LogP contribution in [0.3, 0.4) is 0 Å². The number of carbonyl (C=O) groups is 1. The number of nitrogens with zero attached hydrogens (tertiary/aromatic N) is 2. The van der Waals surface area contributed by atoms with Crippen molar-refractivity contribution < 1.29 is 23.7 Å². The second-order valence-electron chi connectivity index (χ2n) is 7.92. The van der Waals surface area contributed by atoms with Crippen LogP contribution in [-0.4, -0.2) is 68.8 Å². The smallest absolute Gasteiger partial charge is 0.231 e. The monoisotopic (exact) mass is 422 g/mol. The maximum absolute atomic E-state index is 13.0. The summed E-state index contributed by atoms with van der Waals surface area (Å²) in [7, 11) is 1.62. The molecule has 0 atom stereocenters. The number of fused-ring (bicyclic) bond motifs is 3. The van der Waals surface area contributed by atoms with Gasteiger partial charge in [-0.1, -0.05) is 12.1 Å². The normalized spacial score (nSPS) is 20.2. The van der Waals surface area contributed by atoms with Gasteiger partial charge in [-0.05, 0) is 35.9 Å². The van der Waals surface area contributed by atoms with Gasteiger partial charge in [0.2, 0.25) is 5.78 Å². The Morgan fingerprint density at radius 3 is 2.77 bits per heavy atom. The van der Waals surface area contributed by atoms with E-state index in [2.05, 4.69) is 9.80 Å². The molecule has 0 amide bonds. The lowest BCUT2D eigenvalue weighted by Crippen LogP contribution is -2.43. The van der Waals surface area contributed by atoms with Crippen LogP contribution in [0.15, 0.2) is 42.2 Å². The molecule has 0 aliphatic carbocycles. The van der Waals surface area contributed by atoms with Crippen molar-refractivity contribution in [2.45, 2.75) is 6.54 Å². The van der Waals surface area contributed by atoms with Crippen LogP contribution in [0.4, 0.5) is 0 Å². The molecule has 1 saturated heterocycles. The van der Waals surface area contributed by atoms with E-state index in [0.29, 0.717) is 30.3 Å². The van der Waals surface area contributed by atoms with E-state index < -0.39 is 0 Å². The molecule has 7 nitrogen and oxygen atoms in total. The Labute approximate surface area is 181 Å². The number of Topliss-reactive ketones (excluding diaryl/α,β-unsaturated/α-hetero) is 1. The molecule has 0 bridgehead atoms. The minimum absolute atomic E-state index is 0.105. The number of ketones is 1. The highest BCUT2D eigenvalue weighted by Crippen LogP contribution is 2.42. The third kappa shape index (κ3) is 4.17. The number of hydrogen-bond donors (Lipinski definition) is 0. The molecule has 0 unspecified atom stereocenters. The Morgan fingerprint density at radius 1 is 1.10 bits per heavy atom. The molecule has 7 heteroatoms. The molecule has 0 aromatic heterocycles. The number of carbonyl (C=O) groups excluding carboxylic acids is 1. The molecule has 3 heterocycles. The Bertz CT molecular complexity index is 1010. The summed E-state index contributed by atoms with van der Waals surface area (Å²) in [6.07, 6.45) is 1.76. The molecule has 3 aliphatic rings. The zero-order valence-electron chi connectivity index (χ0n) is 17.6. The van der Waals surface area contributed by atoms with Gasteiger partial charge in [-0.3, -0.25) is 14.6 Å². The predicted octanol–water partition coefficient (Wildman–Crippen LogP) is 2.80. The third-order valence-corrected chi connectivity index (χ3v) is 5.91. The van der Waals surface area contributed by atoms with Gasteiger partial charge < -0.3 is 18.9 Å². The zero-order chi connectivity index (χ0) is 21.2. The number of ether oxygens (including phenoxy) is 4. The average Bonchev–Trinajstić information content (AvgIpc) is 3.14. The first kappa shape index (κ1) is 20.1. The molecule has 0 spiro atoms. The van der Waals surface area contributed by atoms with Gasteiger partial charge in [0.15, 0.2) is 5.76 Å². The summed E-state index contributed by atoms with van der Waals surface area (Å²) < 4.78 is 22.7. The van der Waals surface area contributed by atoms with E-state index in [1.54, 1.807) is 19.3 Å². The standard InChI is InChI=1S/C24H26N2O5/c1-28-18-4-2-3-17(13-18)14-22-23(27)19-5-6-21-20(24(19)31-22)15-26(16-30-21)8-7-25-9-11-29-12-10-25/h2-6,13-14H,7-12,15-16H2,1H3. The summed E-state index contributed by atoms with van der Waals surface area (Å²) in [4.78, 5) is 17.6. The van der Waals surface area contributed by atoms with Gasteiger partial charge in [0, 0.05) is 32.7 Å². The predicted molar refractivity (Wildman–Crippen MR) is 116 cm³/mol. The number of benzene rings is 2. The van der Waals surface area contributed by atoms with Crippen molar-refractivity contribution in [2.75, 3.05) is 53.2 Å². The van der Waals surface area contributed by atoms with Gasteiger partial charge in [0.25, 0.3) is 0 Å². The molecule has 31 heavy (non-hydrogen) atoms. The lowest BCUT2D eigenvalue weighted by atomic mass is 10.0. The minimum Gasteiger partial charge on any atom is -0.497 e. The molecule has 5 rings (SSSR count). The fourth-order valence-corrected chi connectivity index (χ4v) is 4.14. The average molecular weight is 422 g/mol. The van der Waals surface area contributed by atoms with E-state index in [-0.39, 0.29) is 5.78 Å². The van der Waals surface area contributed by atoms with E-state index in [9.17, 15) is 4.79 Å². The summed E-state index contributed by atoms with van der Waals surface area (Å²) in [6.45, 7) is 6.63. The second kappa shape index (κ2) is 8.70. The van der Waals surface area contributed by atoms with Gasteiger partial charge in [-0.2, -0.15) is 0 Å². The fraction of sp³-hybridized carbons (Fsp3) is 0.375. The van der Waals surface area contributed by atoms with Crippen LogP contribution in [0.5, 0.6) is 17.2 Å². The van der Waals surface area contributed by atoms with Crippen molar-refractivity contribution in [1.82, 2.24) is 9.80 Å². The molecule has 3 aliphatic heterocycles. The van der Waals surface area contributed by atoms with Crippen molar-refractivity contribution in [3.05, 3.63) is 58.8 Å². The molecule has 2 aromatic carbocycles. The van der Waals surface area contributed by atoms with E-state index in [4.69, 9.17) is 18.9 Å². The maximum atomic E-state index is 13.0. The van der Waals surface area contributed by atoms with Crippen molar-refractivity contribution in [2.24, 2.45) is 0 Å². The molecular weight excluding hydrogens is 396 g/mol. The SMILES string of the molecule is COc1cccc(C=C2Oc3c(ccc4c3CN(CCN3CCOCC3)CO4)C2=O)c1. The van der Waals surface area contributed by atoms with Gasteiger partial charge in [-0.15, -0.1) is 0 Å². The summed E-state index contributed by atoms with van der Waals surface area (Å²) in [6, 6.07) is 11.2. The van der Waals surface area contributed by atoms with E-state index in [1.807, 2.05) is 30.3 Å². The van der Waals surface area contributed by atoms with Crippen LogP contribution in [0.2, 0.25) is 0 Å². The van der Waals surface area contributed by atoms with Crippen LogP contribution >= 0.6 is 0 Å². The first-order valence-electron chi connectivity index (χ1n) is 10.6. The first-order chi connectivity index (χ1) is 15.2. The highest BCUT2D eigenvalue weighted by Gasteiger charge is 2.33. The third-order valence-electron chi connectivity index (χ3n) is 5.91. The number of methoxy groups -OCH3 is 1. The van der Waals surface area contributed by atoms with Crippen LogP contribution < -0.4 is 14.2 Å². The maximum Gasteiger partial charge on any atom is 0.231 e. The van der Waals surface area contributed by atoms with Crippen molar-refractivity contribution in [3.8, 4) is 17.2 Å². The molecule has 2 aromatic rings. The van der Waals surface area contributed by atoms with E-state index >= 15 is 0 Å². The van der Waals surface area contributed by atoms with Crippen molar-refractivity contribution in [3.63, 3.8) is 0 Å². The van der Waals surface area contributed by atoms with Gasteiger partial charge >= 0.3 is 0 Å². The first-order valence-corrected chi connectivity index (χ1v) is 10.6. The van der Waals surface area contributed by atoms with Crippen LogP contribution in [0.25, 0.3) is 6.08 Å². The zero-order valence-corrected chi connectivity index (χ0v) is 17.6. The van der Waals surface area contributed by atoms with Crippen LogP contribution in [-0.2, 0) is 11.3 Å². The molecule has 0 radical (unpaired) electrons. The lowest BCUT2D eigenvalue weighted by Gasteiger charge is -2.33. The highest BCUT2D eigenvalue weighted by atomic mass is 16.5. The quantitative estimate of drug-likeness (QED) is 0.687. The highest BCUT2D eigenvalue weighted by molar-refractivity contribution is 6.15.